The van der Waals surface area contributed by atoms with Gasteiger partial charge in [-0.3, -0.25) is 9.59 Å². The zero-order chi connectivity index (χ0) is 13.6. The van der Waals surface area contributed by atoms with Gasteiger partial charge in [0.2, 0.25) is 11.8 Å². The maximum atomic E-state index is 11.8. The Kier molecular flexibility index (Phi) is 6.16. The van der Waals surface area contributed by atoms with Crippen molar-refractivity contribution in [3.8, 4) is 0 Å². The van der Waals surface area contributed by atoms with Crippen molar-refractivity contribution in [3.05, 3.63) is 0 Å². The number of nitrogens with one attached hydrogen (secondary N) is 2. The van der Waals surface area contributed by atoms with Gasteiger partial charge in [-0.2, -0.15) is 0 Å². The van der Waals surface area contributed by atoms with Gasteiger partial charge in [0.05, 0.1) is 6.04 Å². The normalized spacial score (nSPS) is 15.1. The van der Waals surface area contributed by atoms with Crippen LogP contribution in [0.15, 0.2) is 0 Å². The maximum absolute atomic E-state index is 11.8. The molecule has 0 aromatic rings. The van der Waals surface area contributed by atoms with E-state index < -0.39 is 0 Å². The second-order valence-corrected chi connectivity index (χ2v) is 5.19. The van der Waals surface area contributed by atoms with Crippen LogP contribution in [0.25, 0.3) is 0 Å². The number of primary amides is 1. The molecule has 5 nitrogen and oxygen atoms in total. The predicted molar refractivity (Wildman–Crippen MR) is 68.4 cm³/mol. The fourth-order valence-corrected chi connectivity index (χ4v) is 1.39. The number of rotatable bonds is 7. The molecule has 0 saturated heterocycles. The van der Waals surface area contributed by atoms with Crippen molar-refractivity contribution in [2.45, 2.75) is 65.1 Å². The van der Waals surface area contributed by atoms with E-state index in [2.05, 4.69) is 10.6 Å². The number of nitrogens with two attached hydrogens (primary N) is 1. The quantitative estimate of drug-likeness (QED) is 0.610. The van der Waals surface area contributed by atoms with Gasteiger partial charge in [0.1, 0.15) is 0 Å². The summed E-state index contributed by atoms with van der Waals surface area (Å²) in [5, 5.41) is 5.99. The Bertz CT molecular complexity index is 277. The van der Waals surface area contributed by atoms with Gasteiger partial charge in [0, 0.05) is 18.0 Å². The third kappa shape index (κ3) is 6.94. The molecule has 0 rings (SSSR count). The lowest BCUT2D eigenvalue weighted by molar-refractivity contribution is -0.125. The number of amides is 2. The van der Waals surface area contributed by atoms with Crippen molar-refractivity contribution in [3.63, 3.8) is 0 Å². The van der Waals surface area contributed by atoms with Crippen LogP contribution in [-0.2, 0) is 9.59 Å². The third-order valence-corrected chi connectivity index (χ3v) is 2.78. The Morgan fingerprint density at radius 1 is 1.29 bits per heavy atom. The fourth-order valence-electron chi connectivity index (χ4n) is 1.39. The first-order valence-electron chi connectivity index (χ1n) is 6.04. The number of hydrogen-bond acceptors (Lipinski definition) is 3. The van der Waals surface area contributed by atoms with Crippen molar-refractivity contribution in [2.75, 3.05) is 0 Å². The van der Waals surface area contributed by atoms with E-state index in [0.29, 0.717) is 0 Å². The Morgan fingerprint density at radius 3 is 2.24 bits per heavy atom. The summed E-state index contributed by atoms with van der Waals surface area (Å²) in [5.74, 6) is -0.431. The second kappa shape index (κ2) is 6.59. The van der Waals surface area contributed by atoms with Crippen molar-refractivity contribution in [1.29, 1.82) is 0 Å². The summed E-state index contributed by atoms with van der Waals surface area (Å²) in [4.78, 5) is 22.6. The molecule has 0 aromatic heterocycles. The number of carbonyl (C=O) groups is 2. The maximum Gasteiger partial charge on any atom is 0.237 e. The first-order chi connectivity index (χ1) is 7.68. The zero-order valence-corrected chi connectivity index (χ0v) is 11.5. The molecule has 0 aliphatic rings. The van der Waals surface area contributed by atoms with Gasteiger partial charge in [-0.25, -0.2) is 0 Å². The third-order valence-electron chi connectivity index (χ3n) is 2.78. The average molecular weight is 243 g/mol. The van der Waals surface area contributed by atoms with E-state index in [4.69, 9.17) is 5.73 Å². The van der Waals surface area contributed by atoms with E-state index in [0.717, 1.165) is 6.42 Å². The molecule has 0 saturated carbocycles. The van der Waals surface area contributed by atoms with Gasteiger partial charge in [-0.05, 0) is 34.1 Å². The summed E-state index contributed by atoms with van der Waals surface area (Å²) >= 11 is 0. The highest BCUT2D eigenvalue weighted by molar-refractivity contribution is 5.82. The van der Waals surface area contributed by atoms with Gasteiger partial charge < -0.3 is 16.4 Å². The Hall–Kier alpha value is -1.10. The van der Waals surface area contributed by atoms with Crippen LogP contribution in [-0.4, -0.2) is 29.4 Å². The molecule has 0 fully saturated rings. The molecule has 5 heteroatoms. The SMILES string of the molecule is CCC(C)(C)NC(=O)C(C)NC(C)CC(N)=O. The Morgan fingerprint density at radius 2 is 1.82 bits per heavy atom. The molecule has 2 amide bonds. The van der Waals surface area contributed by atoms with E-state index >= 15 is 0 Å². The molecule has 2 unspecified atom stereocenters. The van der Waals surface area contributed by atoms with Crippen molar-refractivity contribution in [2.24, 2.45) is 5.73 Å². The van der Waals surface area contributed by atoms with Crippen molar-refractivity contribution in [1.82, 2.24) is 10.6 Å². The molecule has 0 aliphatic heterocycles. The molecule has 17 heavy (non-hydrogen) atoms. The highest BCUT2D eigenvalue weighted by atomic mass is 16.2. The van der Waals surface area contributed by atoms with Crippen LogP contribution in [0.2, 0.25) is 0 Å². The van der Waals surface area contributed by atoms with Crippen molar-refractivity contribution < 1.29 is 9.59 Å². The molecule has 0 bridgehead atoms. The zero-order valence-electron chi connectivity index (χ0n) is 11.5. The first-order valence-corrected chi connectivity index (χ1v) is 6.04. The molecule has 0 radical (unpaired) electrons. The van der Waals surface area contributed by atoms with Crippen LogP contribution in [0.4, 0.5) is 0 Å². The van der Waals surface area contributed by atoms with E-state index in [9.17, 15) is 9.59 Å². The Labute approximate surface area is 104 Å². The molecular formula is C12H25N3O2. The minimum absolute atomic E-state index is 0.0619. The average Bonchev–Trinajstić information content (AvgIpc) is 2.15. The number of carbonyl (C=O) groups excluding carboxylic acids is 2. The summed E-state index contributed by atoms with van der Waals surface area (Å²) in [6.45, 7) is 9.58. The van der Waals surface area contributed by atoms with E-state index in [1.807, 2.05) is 27.7 Å². The van der Waals surface area contributed by atoms with E-state index in [-0.39, 0.29) is 35.9 Å². The molecular weight excluding hydrogens is 218 g/mol. The molecule has 0 heterocycles. The van der Waals surface area contributed by atoms with Crippen LogP contribution >= 0.6 is 0 Å². The van der Waals surface area contributed by atoms with Gasteiger partial charge in [0.15, 0.2) is 0 Å². The van der Waals surface area contributed by atoms with Gasteiger partial charge >= 0.3 is 0 Å². The lowest BCUT2D eigenvalue weighted by atomic mass is 10.0. The largest absolute Gasteiger partial charge is 0.370 e. The standard InChI is InChI=1S/C12H25N3O2/c1-6-12(4,5)15-11(17)9(3)14-8(2)7-10(13)16/h8-9,14H,6-7H2,1-5H3,(H2,13,16)(H,15,17). The van der Waals surface area contributed by atoms with Crippen molar-refractivity contribution >= 4 is 11.8 Å². The van der Waals surface area contributed by atoms with Crippen LogP contribution in [0, 0.1) is 0 Å². The second-order valence-electron chi connectivity index (χ2n) is 5.19. The molecule has 0 spiro atoms. The molecule has 2 atom stereocenters. The van der Waals surface area contributed by atoms with Gasteiger partial charge in [-0.15, -0.1) is 0 Å². The Balaban J connectivity index is 4.18. The summed E-state index contributed by atoms with van der Waals surface area (Å²) < 4.78 is 0. The molecule has 0 aromatic carbocycles. The molecule has 100 valence electrons. The van der Waals surface area contributed by atoms with E-state index in [1.165, 1.54) is 0 Å². The highest BCUT2D eigenvalue weighted by Gasteiger charge is 2.22. The summed E-state index contributed by atoms with van der Waals surface area (Å²) in [6.07, 6.45) is 1.09. The monoisotopic (exact) mass is 243 g/mol. The summed E-state index contributed by atoms with van der Waals surface area (Å²) in [7, 11) is 0. The lowest BCUT2D eigenvalue weighted by Gasteiger charge is -2.27. The smallest absolute Gasteiger partial charge is 0.237 e. The fraction of sp³-hybridized carbons (Fsp3) is 0.833. The number of hydrogen-bond donors (Lipinski definition) is 3. The highest BCUT2D eigenvalue weighted by Crippen LogP contribution is 2.07. The van der Waals surface area contributed by atoms with Crippen LogP contribution in [0.1, 0.15) is 47.5 Å². The van der Waals surface area contributed by atoms with Crippen LogP contribution in [0.5, 0.6) is 0 Å². The molecule has 4 N–H and O–H groups in total. The minimum atomic E-state index is -0.369. The van der Waals surface area contributed by atoms with E-state index in [1.54, 1.807) is 6.92 Å². The van der Waals surface area contributed by atoms with Crippen LogP contribution < -0.4 is 16.4 Å². The predicted octanol–water partition coefficient (Wildman–Crippen LogP) is 0.533. The van der Waals surface area contributed by atoms with Crippen LogP contribution in [0.3, 0.4) is 0 Å². The van der Waals surface area contributed by atoms with Gasteiger partial charge in [-0.1, -0.05) is 6.92 Å². The topological polar surface area (TPSA) is 84.2 Å². The molecule has 0 aliphatic carbocycles. The van der Waals surface area contributed by atoms with Gasteiger partial charge in [0.25, 0.3) is 0 Å². The summed E-state index contributed by atoms with van der Waals surface area (Å²) in [5.41, 5.74) is 4.88. The minimum Gasteiger partial charge on any atom is -0.370 e. The first kappa shape index (κ1) is 15.9. The lowest BCUT2D eigenvalue weighted by Crippen LogP contribution is -2.52. The summed E-state index contributed by atoms with van der Waals surface area (Å²) in [6, 6.07) is -0.437.